The van der Waals surface area contributed by atoms with E-state index in [-0.39, 0.29) is 5.91 Å². The van der Waals surface area contributed by atoms with E-state index >= 15 is 0 Å². The molecule has 2 aromatic heterocycles. The molecule has 3 heterocycles. The molecule has 0 atom stereocenters. The molecule has 1 aliphatic rings. The second kappa shape index (κ2) is 8.41. The molecule has 4 N–H and O–H groups in total. The molecule has 2 aromatic rings. The van der Waals surface area contributed by atoms with Crippen LogP contribution in [0.15, 0.2) is 24.4 Å². The van der Waals surface area contributed by atoms with Gasteiger partial charge in [-0.05, 0) is 25.2 Å². The van der Waals surface area contributed by atoms with Crippen LogP contribution in [0.25, 0.3) is 0 Å². The summed E-state index contributed by atoms with van der Waals surface area (Å²) in [4.78, 5) is 18.2. The molecule has 3 rings (SSSR count). The summed E-state index contributed by atoms with van der Waals surface area (Å²) in [5.74, 6) is 1.69. The summed E-state index contributed by atoms with van der Waals surface area (Å²) in [6.07, 6.45) is 2.79. The minimum Gasteiger partial charge on any atom is -0.370 e. The number of nitrogens with one attached hydrogen (secondary N) is 2. The van der Waals surface area contributed by atoms with Crippen LogP contribution in [0.4, 0.5) is 5.82 Å². The Morgan fingerprint density at radius 1 is 1.38 bits per heavy atom. The number of carbonyl (C=O) groups excluding carboxylic acids is 1. The van der Waals surface area contributed by atoms with Crippen LogP contribution >= 0.6 is 12.2 Å². The van der Waals surface area contributed by atoms with Crippen molar-refractivity contribution < 1.29 is 14.7 Å². The zero-order chi connectivity index (χ0) is 18.5. The Hall–Kier alpha value is -2.26. The Labute approximate surface area is 158 Å². The first-order valence-corrected chi connectivity index (χ1v) is 9.49. The number of anilines is 1. The van der Waals surface area contributed by atoms with Crippen molar-refractivity contribution in [3.63, 3.8) is 0 Å². The van der Waals surface area contributed by atoms with Crippen molar-refractivity contribution in [2.45, 2.75) is 33.0 Å². The number of nitrogens with zero attached hydrogens (tertiary/aromatic N) is 4. The number of carbonyl (C=O) groups is 1. The number of hydrogen-bond donors (Lipinski definition) is 2. The van der Waals surface area contributed by atoms with Crippen LogP contribution in [0, 0.1) is 4.77 Å². The summed E-state index contributed by atoms with van der Waals surface area (Å²) in [5.41, 5.74) is 5.27. The monoisotopic (exact) mass is 377 g/mol. The van der Waals surface area contributed by atoms with E-state index < -0.39 is 0 Å². The van der Waals surface area contributed by atoms with E-state index in [4.69, 9.17) is 18.0 Å². The number of piperazine rings is 1. The molecule has 0 bridgehead atoms. The van der Waals surface area contributed by atoms with Gasteiger partial charge in [0.15, 0.2) is 6.67 Å². The van der Waals surface area contributed by atoms with Gasteiger partial charge in [0.05, 0.1) is 6.20 Å². The van der Waals surface area contributed by atoms with Crippen LogP contribution in [0.1, 0.15) is 19.2 Å². The molecule has 1 fully saturated rings. The first-order chi connectivity index (χ1) is 12.6. The van der Waals surface area contributed by atoms with Crippen molar-refractivity contribution in [1.29, 1.82) is 0 Å². The highest BCUT2D eigenvalue weighted by molar-refractivity contribution is 7.71. The molecule has 9 heteroatoms. The third kappa shape index (κ3) is 4.28. The summed E-state index contributed by atoms with van der Waals surface area (Å²) in [6.45, 7) is 7.58. The van der Waals surface area contributed by atoms with Gasteiger partial charge in [-0.1, -0.05) is 6.07 Å². The molecule has 0 aliphatic carbocycles. The third-order valence-corrected chi connectivity index (χ3v) is 5.22. The maximum Gasteiger partial charge on any atom is 0.274 e. The van der Waals surface area contributed by atoms with Crippen molar-refractivity contribution in [3.8, 4) is 0 Å². The number of quaternary nitrogens is 1. The lowest BCUT2D eigenvalue weighted by Crippen LogP contribution is -3.14. The Morgan fingerprint density at radius 3 is 2.77 bits per heavy atom. The summed E-state index contributed by atoms with van der Waals surface area (Å²) in [6, 6.07) is 6.15. The fraction of sp³-hybridized carbons (Fsp3) is 0.529. The van der Waals surface area contributed by atoms with Gasteiger partial charge in [0.25, 0.3) is 5.82 Å². The maximum atomic E-state index is 11.1. The molecule has 0 aromatic carbocycles. The lowest BCUT2D eigenvalue weighted by Gasteiger charge is -2.27. The van der Waals surface area contributed by atoms with Crippen molar-refractivity contribution in [2.24, 2.45) is 5.73 Å². The van der Waals surface area contributed by atoms with Crippen LogP contribution in [-0.2, 0) is 24.4 Å². The quantitative estimate of drug-likeness (QED) is 0.608. The minimum absolute atomic E-state index is 0.297. The Morgan fingerprint density at radius 2 is 2.15 bits per heavy atom. The molecule has 0 unspecified atom stereocenters. The number of pyridine rings is 1. The standard InChI is InChI=1S/C17H25N7OS/c1-2-23-16(7-6-14(18)25)20-24(17(23)26)13-21-9-11-22(12-10-21)15-5-3-4-8-19-15/h3-5,8H,2,6-7,9-13H2,1H3,(H2,18,25)/p+2. The van der Waals surface area contributed by atoms with Crippen LogP contribution in [0.2, 0.25) is 0 Å². The second-order valence-corrected chi connectivity index (χ2v) is 6.92. The van der Waals surface area contributed by atoms with E-state index in [2.05, 4.69) is 27.1 Å². The van der Waals surface area contributed by atoms with Gasteiger partial charge in [0.1, 0.15) is 32.0 Å². The lowest BCUT2D eigenvalue weighted by atomic mass is 10.3. The maximum absolute atomic E-state index is 11.1. The van der Waals surface area contributed by atoms with Crippen LogP contribution in [-0.4, -0.2) is 46.4 Å². The van der Waals surface area contributed by atoms with Gasteiger partial charge in [0, 0.05) is 25.5 Å². The van der Waals surface area contributed by atoms with E-state index in [1.54, 1.807) is 0 Å². The fourth-order valence-corrected chi connectivity index (χ4v) is 3.68. The minimum atomic E-state index is -0.312. The van der Waals surface area contributed by atoms with E-state index in [1.807, 2.05) is 28.4 Å². The Bertz CT molecular complexity index is 793. The second-order valence-electron chi connectivity index (χ2n) is 6.55. The number of aryl methyl sites for hydroxylation is 1. The highest BCUT2D eigenvalue weighted by Gasteiger charge is 2.26. The van der Waals surface area contributed by atoms with Gasteiger partial charge in [-0.3, -0.25) is 9.69 Å². The van der Waals surface area contributed by atoms with E-state index in [0.717, 1.165) is 55.8 Å². The summed E-state index contributed by atoms with van der Waals surface area (Å²) < 4.78 is 4.61. The van der Waals surface area contributed by atoms with Crippen LogP contribution < -0.4 is 20.5 Å². The zero-order valence-electron chi connectivity index (χ0n) is 15.1. The molecular formula is C17H27N7OS+2. The number of rotatable bonds is 7. The molecule has 0 radical (unpaired) electrons. The summed E-state index contributed by atoms with van der Waals surface area (Å²) >= 11 is 5.58. The zero-order valence-corrected chi connectivity index (χ0v) is 16.0. The van der Waals surface area contributed by atoms with Gasteiger partial charge in [-0.25, -0.2) is 4.98 Å². The number of aromatic amines is 1. The van der Waals surface area contributed by atoms with E-state index in [0.29, 0.717) is 12.8 Å². The number of nitrogens with two attached hydrogens (primary N) is 1. The smallest absolute Gasteiger partial charge is 0.274 e. The molecule has 26 heavy (non-hydrogen) atoms. The summed E-state index contributed by atoms with van der Waals surface area (Å²) in [7, 11) is 0. The lowest BCUT2D eigenvalue weighted by molar-refractivity contribution is -0.924. The normalized spacial score (nSPS) is 15.3. The molecule has 1 saturated heterocycles. The van der Waals surface area contributed by atoms with Crippen molar-refractivity contribution in [1.82, 2.24) is 14.3 Å². The highest BCUT2D eigenvalue weighted by Crippen LogP contribution is 2.06. The first kappa shape index (κ1) is 18.5. The molecule has 1 amide bonds. The van der Waals surface area contributed by atoms with Gasteiger partial charge in [-0.15, -0.1) is 0 Å². The number of amides is 1. The van der Waals surface area contributed by atoms with Crippen LogP contribution in [0.5, 0.6) is 0 Å². The van der Waals surface area contributed by atoms with Crippen molar-refractivity contribution >= 4 is 23.9 Å². The first-order valence-electron chi connectivity index (χ1n) is 9.08. The number of aromatic nitrogens is 4. The highest BCUT2D eigenvalue weighted by atomic mass is 32.1. The van der Waals surface area contributed by atoms with E-state index in [1.165, 1.54) is 4.90 Å². The molecule has 140 valence electrons. The van der Waals surface area contributed by atoms with Gasteiger partial charge in [0.2, 0.25) is 10.7 Å². The number of hydrogen-bond acceptors (Lipinski definition) is 4. The molecule has 0 spiro atoms. The SMILES string of the molecule is CCn1c(CCC(N)=O)nn(C[NH+]2CCN(c3cccc[nH+]3)CC2)c1=S. The Kier molecular flexibility index (Phi) is 6.00. The predicted octanol–water partition coefficient (Wildman–Crippen LogP) is -0.971. The fourth-order valence-electron chi connectivity index (χ4n) is 3.34. The van der Waals surface area contributed by atoms with Gasteiger partial charge < -0.3 is 15.2 Å². The number of primary amides is 1. The predicted molar refractivity (Wildman–Crippen MR) is 100 cm³/mol. The van der Waals surface area contributed by atoms with E-state index in [9.17, 15) is 4.79 Å². The number of H-pyrrole nitrogens is 1. The van der Waals surface area contributed by atoms with Crippen LogP contribution in [0.3, 0.4) is 0 Å². The summed E-state index contributed by atoms with van der Waals surface area (Å²) in [5, 5.41) is 4.65. The molecular weight excluding hydrogens is 350 g/mol. The van der Waals surface area contributed by atoms with Gasteiger partial charge >= 0.3 is 0 Å². The average Bonchev–Trinajstić information content (AvgIpc) is 2.96. The van der Waals surface area contributed by atoms with Gasteiger partial charge in [-0.2, -0.15) is 9.78 Å². The Balaban J connectivity index is 1.63. The van der Waals surface area contributed by atoms with Crippen molar-refractivity contribution in [2.75, 3.05) is 31.1 Å². The third-order valence-electron chi connectivity index (χ3n) is 4.79. The average molecular weight is 378 g/mol. The molecule has 8 nitrogen and oxygen atoms in total. The molecule has 0 saturated carbocycles. The van der Waals surface area contributed by atoms with Crippen molar-refractivity contribution in [3.05, 3.63) is 35.0 Å². The largest absolute Gasteiger partial charge is 0.370 e. The topological polar surface area (TPSA) is 87.7 Å². The molecule has 1 aliphatic heterocycles.